The van der Waals surface area contributed by atoms with Crippen LogP contribution in [0.5, 0.6) is 0 Å². The second kappa shape index (κ2) is 3.66. The fourth-order valence-electron chi connectivity index (χ4n) is 1.69. The second-order valence-electron chi connectivity index (χ2n) is 3.35. The zero-order valence-corrected chi connectivity index (χ0v) is 8.25. The minimum atomic E-state index is -0.792. The Kier molecular flexibility index (Phi) is 2.32. The van der Waals surface area contributed by atoms with Gasteiger partial charge in [-0.05, 0) is 22.9 Å². The van der Waals surface area contributed by atoms with Crippen LogP contribution >= 0.6 is 0 Å². The molecule has 0 spiro atoms. The summed E-state index contributed by atoms with van der Waals surface area (Å²) in [4.78, 5) is 0. The van der Waals surface area contributed by atoms with Crippen LogP contribution in [0, 0.1) is 0 Å². The zero-order chi connectivity index (χ0) is 11.7. The van der Waals surface area contributed by atoms with E-state index in [1.54, 1.807) is 24.3 Å². The van der Waals surface area contributed by atoms with Gasteiger partial charge in [-0.15, -0.1) is 0 Å². The standard InChI is InChI=1S/C12H10O4/c13-11(14)9-5-6-10(12(15)16)8-4-2-1-3-7(8)9/h1-6,13-16H. The number of hydrogen-bond acceptors (Lipinski definition) is 4. The summed E-state index contributed by atoms with van der Waals surface area (Å²) < 4.78 is 0. The Labute approximate surface area is 90.6 Å². The summed E-state index contributed by atoms with van der Waals surface area (Å²) in [5, 5.41) is 38.0. The largest absolute Gasteiger partial charge is 0.481 e. The Balaban J connectivity index is 3.14. The molecule has 2 aromatic rings. The van der Waals surface area contributed by atoms with Gasteiger partial charge in [0.2, 0.25) is 0 Å². The number of aliphatic hydroxyl groups is 4. The van der Waals surface area contributed by atoms with Gasteiger partial charge >= 0.3 is 0 Å². The maximum Gasteiger partial charge on any atom is 0.282 e. The quantitative estimate of drug-likeness (QED) is 0.535. The molecule has 2 rings (SSSR count). The molecule has 16 heavy (non-hydrogen) atoms. The monoisotopic (exact) mass is 218 g/mol. The van der Waals surface area contributed by atoms with Crippen molar-refractivity contribution in [1.82, 2.24) is 0 Å². The van der Waals surface area contributed by atoms with Crippen molar-refractivity contribution in [3.05, 3.63) is 46.8 Å². The third kappa shape index (κ3) is 1.50. The van der Waals surface area contributed by atoms with Crippen LogP contribution in [0.4, 0.5) is 0 Å². The van der Waals surface area contributed by atoms with Crippen molar-refractivity contribution >= 4 is 22.7 Å². The summed E-state index contributed by atoms with van der Waals surface area (Å²) in [5.41, 5.74) is 0. The lowest BCUT2D eigenvalue weighted by Crippen LogP contribution is -2.15. The highest BCUT2D eigenvalue weighted by Gasteiger charge is 2.02. The molecule has 0 saturated carbocycles. The van der Waals surface area contributed by atoms with E-state index in [1.807, 2.05) is 0 Å². The average Bonchev–Trinajstić information content (AvgIpc) is 2.27. The first kappa shape index (κ1) is 10.2. The van der Waals surface area contributed by atoms with E-state index in [9.17, 15) is 0 Å². The molecule has 0 aromatic heterocycles. The minimum Gasteiger partial charge on any atom is -0.481 e. The first-order chi connectivity index (χ1) is 7.61. The topological polar surface area (TPSA) is 80.9 Å². The maximum atomic E-state index is 9.09. The van der Waals surface area contributed by atoms with Crippen molar-refractivity contribution in [3.63, 3.8) is 0 Å². The maximum absolute atomic E-state index is 9.09. The predicted octanol–water partition coefficient (Wildman–Crippen LogP) is 1.20. The van der Waals surface area contributed by atoms with Gasteiger partial charge in [0.1, 0.15) is 0 Å². The van der Waals surface area contributed by atoms with Gasteiger partial charge in [-0.2, -0.15) is 0 Å². The van der Waals surface area contributed by atoms with E-state index >= 15 is 0 Å². The molecule has 4 nitrogen and oxygen atoms in total. The summed E-state index contributed by atoms with van der Waals surface area (Å²) in [6, 6.07) is 9.63. The van der Waals surface area contributed by atoms with Crippen LogP contribution < -0.4 is 10.4 Å². The van der Waals surface area contributed by atoms with Crippen molar-refractivity contribution in [2.24, 2.45) is 0 Å². The SMILES string of the molecule is OC(O)=c1ccc(=C(O)O)c2ccccc12. The molecule has 0 amide bonds. The number of aliphatic hydroxyl groups excluding tert-OH is 2. The van der Waals surface area contributed by atoms with Crippen LogP contribution in [0.2, 0.25) is 0 Å². The third-order valence-electron chi connectivity index (χ3n) is 2.41. The molecular formula is C12H10O4. The fraction of sp³-hybridized carbons (Fsp3) is 0. The Hall–Kier alpha value is -2.36. The van der Waals surface area contributed by atoms with E-state index in [4.69, 9.17) is 20.4 Å². The first-order valence-corrected chi connectivity index (χ1v) is 4.63. The first-order valence-electron chi connectivity index (χ1n) is 4.63. The molecule has 4 heteroatoms. The lowest BCUT2D eigenvalue weighted by atomic mass is 10.1. The van der Waals surface area contributed by atoms with Crippen molar-refractivity contribution in [2.75, 3.05) is 0 Å². The third-order valence-corrected chi connectivity index (χ3v) is 2.41. The highest BCUT2D eigenvalue weighted by atomic mass is 16.5. The van der Waals surface area contributed by atoms with Crippen LogP contribution in [0.25, 0.3) is 22.7 Å². The lowest BCUT2D eigenvalue weighted by Gasteiger charge is -2.00. The molecule has 0 aliphatic rings. The lowest BCUT2D eigenvalue weighted by molar-refractivity contribution is 0.296. The number of hydrogen-bond donors (Lipinski definition) is 4. The summed E-state index contributed by atoms with van der Waals surface area (Å²) in [7, 11) is 0. The summed E-state index contributed by atoms with van der Waals surface area (Å²) in [6.07, 6.45) is 0. The van der Waals surface area contributed by atoms with Crippen LogP contribution in [-0.4, -0.2) is 20.4 Å². The van der Waals surface area contributed by atoms with E-state index in [1.165, 1.54) is 12.1 Å². The van der Waals surface area contributed by atoms with Gasteiger partial charge in [-0.1, -0.05) is 24.3 Å². The van der Waals surface area contributed by atoms with E-state index in [2.05, 4.69) is 0 Å². The highest BCUT2D eigenvalue weighted by Crippen LogP contribution is 2.05. The van der Waals surface area contributed by atoms with Crippen molar-refractivity contribution in [1.29, 1.82) is 0 Å². The van der Waals surface area contributed by atoms with Gasteiger partial charge in [-0.25, -0.2) is 0 Å². The van der Waals surface area contributed by atoms with Crippen molar-refractivity contribution in [3.8, 4) is 0 Å². The van der Waals surface area contributed by atoms with Gasteiger partial charge in [-0.3, -0.25) is 0 Å². The summed E-state index contributed by atoms with van der Waals surface area (Å²) in [5.74, 6) is -1.58. The zero-order valence-electron chi connectivity index (χ0n) is 8.25. The van der Waals surface area contributed by atoms with Gasteiger partial charge in [0, 0.05) is 0 Å². The Bertz CT molecular complexity index is 592. The fourth-order valence-corrected chi connectivity index (χ4v) is 1.69. The molecule has 82 valence electrons. The molecule has 0 atom stereocenters. The molecule has 0 fully saturated rings. The molecular weight excluding hydrogens is 208 g/mol. The minimum absolute atomic E-state index is 0.251. The molecule has 0 radical (unpaired) electrons. The predicted molar refractivity (Wildman–Crippen MR) is 60.5 cm³/mol. The summed E-state index contributed by atoms with van der Waals surface area (Å²) >= 11 is 0. The number of benzene rings is 2. The second-order valence-corrected chi connectivity index (χ2v) is 3.35. The molecule has 0 aliphatic heterocycles. The normalized spacial score (nSPS) is 10.2. The summed E-state index contributed by atoms with van der Waals surface area (Å²) in [6.45, 7) is 0. The number of rotatable bonds is 0. The van der Waals surface area contributed by atoms with Crippen molar-refractivity contribution < 1.29 is 20.4 Å². The average molecular weight is 218 g/mol. The van der Waals surface area contributed by atoms with Crippen molar-refractivity contribution in [2.45, 2.75) is 0 Å². The molecule has 0 aliphatic carbocycles. The van der Waals surface area contributed by atoms with E-state index in [-0.39, 0.29) is 10.4 Å². The van der Waals surface area contributed by atoms with E-state index < -0.39 is 11.9 Å². The van der Waals surface area contributed by atoms with Gasteiger partial charge in [0.15, 0.2) is 0 Å². The molecule has 4 N–H and O–H groups in total. The van der Waals surface area contributed by atoms with E-state index in [0.717, 1.165) is 0 Å². The molecule has 0 heterocycles. The van der Waals surface area contributed by atoms with Crippen LogP contribution in [0.3, 0.4) is 0 Å². The molecule has 0 unspecified atom stereocenters. The van der Waals surface area contributed by atoms with Gasteiger partial charge in [0.25, 0.3) is 11.9 Å². The molecule has 0 saturated heterocycles. The van der Waals surface area contributed by atoms with Crippen LogP contribution in [0.15, 0.2) is 36.4 Å². The Morgan fingerprint density at radius 1 is 0.625 bits per heavy atom. The van der Waals surface area contributed by atoms with Gasteiger partial charge < -0.3 is 20.4 Å². The van der Waals surface area contributed by atoms with Crippen LogP contribution in [-0.2, 0) is 0 Å². The highest BCUT2D eigenvalue weighted by molar-refractivity contribution is 5.84. The van der Waals surface area contributed by atoms with Crippen LogP contribution in [0.1, 0.15) is 0 Å². The van der Waals surface area contributed by atoms with E-state index in [0.29, 0.717) is 10.8 Å². The molecule has 2 aromatic carbocycles. The smallest absolute Gasteiger partial charge is 0.282 e. The Morgan fingerprint density at radius 2 is 1.00 bits per heavy atom. The molecule has 0 bridgehead atoms. The van der Waals surface area contributed by atoms with Gasteiger partial charge in [0.05, 0.1) is 10.4 Å². The number of fused-ring (bicyclic) bond motifs is 1. The Morgan fingerprint density at radius 3 is 1.31 bits per heavy atom.